The zero-order valence-electron chi connectivity index (χ0n) is 17.6. The van der Waals surface area contributed by atoms with Gasteiger partial charge in [0.25, 0.3) is 5.91 Å². The van der Waals surface area contributed by atoms with Crippen LogP contribution in [-0.2, 0) is 14.4 Å². The van der Waals surface area contributed by atoms with Gasteiger partial charge in [0.15, 0.2) is 0 Å². The molecule has 6 nitrogen and oxygen atoms in total. The predicted octanol–water partition coefficient (Wildman–Crippen LogP) is 3.15. The maximum absolute atomic E-state index is 13.1. The zero-order chi connectivity index (χ0) is 22.1. The van der Waals surface area contributed by atoms with Crippen LogP contribution in [0, 0.1) is 11.8 Å². The van der Waals surface area contributed by atoms with E-state index in [0.29, 0.717) is 42.3 Å². The molecule has 3 unspecified atom stereocenters. The van der Waals surface area contributed by atoms with Crippen molar-refractivity contribution >= 4 is 47.2 Å². The van der Waals surface area contributed by atoms with Crippen molar-refractivity contribution in [1.82, 2.24) is 9.80 Å². The molecule has 1 aromatic rings. The molecule has 2 saturated heterocycles. The number of carbonyl (C=O) groups excluding carboxylic acids is 3. The van der Waals surface area contributed by atoms with Crippen molar-refractivity contribution < 1.29 is 14.4 Å². The molecular weight excluding hydrogens is 434 g/mol. The Morgan fingerprint density at radius 1 is 1.13 bits per heavy atom. The number of nitrogens with zero attached hydrogens (tertiary/aromatic N) is 2. The van der Waals surface area contributed by atoms with Gasteiger partial charge in [0.1, 0.15) is 0 Å². The van der Waals surface area contributed by atoms with Gasteiger partial charge >= 0.3 is 0 Å². The molecular formula is C23H28ClN3O3S. The highest BCUT2D eigenvalue weighted by Crippen LogP contribution is 2.44. The number of hydrogen-bond acceptors (Lipinski definition) is 4. The van der Waals surface area contributed by atoms with Crippen LogP contribution in [0.4, 0.5) is 0 Å². The minimum Gasteiger partial charge on any atom is -0.369 e. The van der Waals surface area contributed by atoms with Gasteiger partial charge in [-0.25, -0.2) is 0 Å². The maximum atomic E-state index is 13.1. The van der Waals surface area contributed by atoms with Gasteiger partial charge in [-0.3, -0.25) is 14.4 Å². The van der Waals surface area contributed by atoms with Gasteiger partial charge in [-0.15, -0.1) is 11.8 Å². The summed E-state index contributed by atoms with van der Waals surface area (Å²) in [6.45, 7) is 1.18. The van der Waals surface area contributed by atoms with Crippen molar-refractivity contribution in [2.45, 2.75) is 43.4 Å². The molecule has 166 valence electrons. The van der Waals surface area contributed by atoms with Crippen LogP contribution >= 0.6 is 23.4 Å². The van der Waals surface area contributed by atoms with E-state index in [4.69, 9.17) is 17.3 Å². The Morgan fingerprint density at radius 3 is 2.52 bits per heavy atom. The van der Waals surface area contributed by atoms with E-state index in [-0.39, 0.29) is 40.8 Å². The van der Waals surface area contributed by atoms with E-state index >= 15 is 0 Å². The topological polar surface area (TPSA) is 83.7 Å². The fraction of sp³-hybridized carbons (Fsp3) is 0.522. The summed E-state index contributed by atoms with van der Waals surface area (Å²) in [5, 5.41) is 0.906. The summed E-state index contributed by atoms with van der Waals surface area (Å²) in [5.41, 5.74) is 6.25. The molecule has 2 aliphatic heterocycles. The fourth-order valence-corrected chi connectivity index (χ4v) is 6.56. The first-order valence-corrected chi connectivity index (χ1v) is 12.1. The first-order chi connectivity index (χ1) is 14.8. The fourth-order valence-electron chi connectivity index (χ4n) is 4.90. The van der Waals surface area contributed by atoms with Crippen LogP contribution in [0.1, 0.15) is 37.7 Å². The summed E-state index contributed by atoms with van der Waals surface area (Å²) < 4.78 is 0. The summed E-state index contributed by atoms with van der Waals surface area (Å²) in [5.74, 6) is -0.322. The molecule has 0 spiro atoms. The Morgan fingerprint density at radius 2 is 1.84 bits per heavy atom. The number of carbonyl (C=O) groups is 3. The summed E-state index contributed by atoms with van der Waals surface area (Å²) in [4.78, 5) is 41.9. The van der Waals surface area contributed by atoms with Crippen LogP contribution in [0.3, 0.4) is 0 Å². The van der Waals surface area contributed by atoms with E-state index in [1.54, 1.807) is 11.8 Å². The van der Waals surface area contributed by atoms with E-state index in [9.17, 15) is 14.4 Å². The molecule has 1 saturated carbocycles. The highest BCUT2D eigenvalue weighted by Gasteiger charge is 2.44. The number of likely N-dealkylation sites (tertiary alicyclic amines) is 1. The van der Waals surface area contributed by atoms with Crippen LogP contribution in [0.2, 0.25) is 5.02 Å². The lowest BCUT2D eigenvalue weighted by molar-refractivity contribution is -0.141. The van der Waals surface area contributed by atoms with E-state index in [2.05, 4.69) is 0 Å². The Hall–Kier alpha value is -1.99. The van der Waals surface area contributed by atoms with Crippen LogP contribution in [0.15, 0.2) is 29.2 Å². The average molecular weight is 462 g/mol. The molecule has 4 rings (SSSR count). The van der Waals surface area contributed by atoms with Gasteiger partial charge < -0.3 is 15.5 Å². The Kier molecular flexibility index (Phi) is 6.63. The minimum atomic E-state index is -0.271. The number of halogens is 1. The van der Waals surface area contributed by atoms with Gasteiger partial charge in [0.2, 0.25) is 11.8 Å². The maximum Gasteiger partial charge on any atom is 0.260 e. The smallest absolute Gasteiger partial charge is 0.260 e. The minimum absolute atomic E-state index is 0.0125. The SMILES string of the molecule is CN1C(=O)/C(=C\c2ccccc2Cl)SC2CCC(C(=O)N3CCC(C(N)=O)CC3)CC21. The summed E-state index contributed by atoms with van der Waals surface area (Å²) in [6, 6.07) is 7.56. The molecule has 1 aliphatic carbocycles. The van der Waals surface area contributed by atoms with Crippen molar-refractivity contribution in [1.29, 1.82) is 0 Å². The van der Waals surface area contributed by atoms with Crippen LogP contribution in [0.25, 0.3) is 6.08 Å². The molecule has 3 fully saturated rings. The number of likely N-dealkylation sites (N-methyl/N-ethyl adjacent to an activating group) is 1. The molecule has 2 N–H and O–H groups in total. The number of rotatable bonds is 3. The third-order valence-electron chi connectivity index (χ3n) is 6.81. The number of primary amides is 1. The molecule has 31 heavy (non-hydrogen) atoms. The lowest BCUT2D eigenvalue weighted by Gasteiger charge is -2.45. The second kappa shape index (κ2) is 9.25. The number of nitrogens with two attached hydrogens (primary N) is 1. The van der Waals surface area contributed by atoms with Crippen molar-refractivity contribution in [2.24, 2.45) is 17.6 Å². The molecule has 2 heterocycles. The second-order valence-corrected chi connectivity index (χ2v) is 10.4. The van der Waals surface area contributed by atoms with E-state index in [1.165, 1.54) is 0 Å². The summed E-state index contributed by atoms with van der Waals surface area (Å²) in [7, 11) is 1.84. The van der Waals surface area contributed by atoms with Gasteiger partial charge in [-0.2, -0.15) is 0 Å². The highest BCUT2D eigenvalue weighted by molar-refractivity contribution is 8.04. The third kappa shape index (κ3) is 4.62. The second-order valence-electron chi connectivity index (χ2n) is 8.68. The first kappa shape index (κ1) is 22.2. The average Bonchev–Trinajstić information content (AvgIpc) is 2.78. The summed E-state index contributed by atoms with van der Waals surface area (Å²) in [6.07, 6.45) is 5.57. The molecule has 1 aromatic carbocycles. The van der Waals surface area contributed by atoms with E-state index in [0.717, 1.165) is 18.4 Å². The van der Waals surface area contributed by atoms with Gasteiger partial charge in [0.05, 0.1) is 4.91 Å². The van der Waals surface area contributed by atoms with Crippen LogP contribution in [-0.4, -0.2) is 59.0 Å². The quantitative estimate of drug-likeness (QED) is 0.701. The molecule has 8 heteroatoms. The Balaban J connectivity index is 1.42. The van der Waals surface area contributed by atoms with Crippen molar-refractivity contribution in [3.8, 4) is 0 Å². The summed E-state index contributed by atoms with van der Waals surface area (Å²) >= 11 is 7.89. The molecule has 0 aromatic heterocycles. The van der Waals surface area contributed by atoms with Crippen LogP contribution < -0.4 is 5.73 Å². The normalized spacial score (nSPS) is 28.5. The number of fused-ring (bicyclic) bond motifs is 1. The van der Waals surface area contributed by atoms with Gasteiger partial charge in [-0.1, -0.05) is 29.8 Å². The van der Waals surface area contributed by atoms with Crippen molar-refractivity contribution in [2.75, 3.05) is 20.1 Å². The standard InChI is InChI=1S/C23H28ClN3O3S/c1-26-18-12-16(22(29)27-10-8-14(9-11-27)21(25)28)6-7-19(18)31-20(23(26)30)13-15-4-2-3-5-17(15)24/h2-5,13-14,16,18-19H,6-12H2,1H3,(H2,25,28)/b20-13+. The number of benzene rings is 1. The third-order valence-corrected chi connectivity index (χ3v) is 8.56. The Labute approximate surface area is 192 Å². The zero-order valence-corrected chi connectivity index (χ0v) is 19.2. The van der Waals surface area contributed by atoms with Crippen LogP contribution in [0.5, 0.6) is 0 Å². The predicted molar refractivity (Wildman–Crippen MR) is 123 cm³/mol. The van der Waals surface area contributed by atoms with E-state index in [1.807, 2.05) is 47.2 Å². The van der Waals surface area contributed by atoms with Crippen molar-refractivity contribution in [3.63, 3.8) is 0 Å². The molecule has 3 atom stereocenters. The largest absolute Gasteiger partial charge is 0.369 e. The molecule has 0 radical (unpaired) electrons. The van der Waals surface area contributed by atoms with Gasteiger partial charge in [0, 0.05) is 48.3 Å². The lowest BCUT2D eigenvalue weighted by Crippen LogP contribution is -2.53. The molecule has 0 bridgehead atoms. The molecule has 3 amide bonds. The Bertz CT molecular complexity index is 913. The van der Waals surface area contributed by atoms with Crippen molar-refractivity contribution in [3.05, 3.63) is 39.8 Å². The molecule has 3 aliphatic rings. The highest BCUT2D eigenvalue weighted by atomic mass is 35.5. The monoisotopic (exact) mass is 461 g/mol. The number of amides is 3. The number of hydrogen-bond donors (Lipinski definition) is 1. The first-order valence-electron chi connectivity index (χ1n) is 10.8. The number of thioether (sulfide) groups is 1. The van der Waals surface area contributed by atoms with E-state index < -0.39 is 0 Å². The van der Waals surface area contributed by atoms with Gasteiger partial charge in [-0.05, 0) is 49.8 Å². The number of piperidine rings is 1. The lowest BCUT2D eigenvalue weighted by atomic mass is 9.83.